The van der Waals surface area contributed by atoms with E-state index in [-0.39, 0.29) is 6.42 Å². The molecule has 0 aliphatic rings. The predicted octanol–water partition coefficient (Wildman–Crippen LogP) is -0.247. The van der Waals surface area contributed by atoms with Gasteiger partial charge in [0, 0.05) is 0 Å². The van der Waals surface area contributed by atoms with Gasteiger partial charge in [0.1, 0.15) is 0 Å². The molecule has 1 aromatic rings. The molecule has 0 unspecified atom stereocenters. The van der Waals surface area contributed by atoms with E-state index in [1.165, 1.54) is 17.2 Å². The summed E-state index contributed by atoms with van der Waals surface area (Å²) in [5.41, 5.74) is 0. The first-order chi connectivity index (χ1) is 4.79. The zero-order valence-corrected chi connectivity index (χ0v) is 5.27. The first-order valence-corrected chi connectivity index (χ1v) is 2.85. The molecule has 0 atom stereocenters. The van der Waals surface area contributed by atoms with Gasteiger partial charge in [0.15, 0.2) is 0 Å². The molecule has 0 bridgehead atoms. The Kier molecular flexibility index (Phi) is 1.99. The average Bonchev–Trinajstić information content (AvgIpc) is 2.34. The Balaban J connectivity index is 2.35. The highest BCUT2D eigenvalue weighted by molar-refractivity contribution is 5.66. The summed E-state index contributed by atoms with van der Waals surface area (Å²) in [6.07, 6.45) is 3.10. The average molecular weight is 141 g/mol. The quantitative estimate of drug-likeness (QED) is 0.630. The van der Waals surface area contributed by atoms with E-state index in [1.54, 1.807) is 0 Å². The fourth-order valence-electron chi connectivity index (χ4n) is 0.554. The maximum Gasteiger partial charge on any atom is 0.305 e. The topological polar surface area (TPSA) is 68.0 Å². The van der Waals surface area contributed by atoms with Crippen LogP contribution in [0.15, 0.2) is 12.4 Å². The lowest BCUT2D eigenvalue weighted by Crippen LogP contribution is -2.06. The number of aliphatic carboxylic acids is 1. The van der Waals surface area contributed by atoms with E-state index in [9.17, 15) is 4.79 Å². The molecule has 0 saturated carbocycles. The second kappa shape index (κ2) is 2.95. The minimum atomic E-state index is -0.836. The Bertz CT molecular complexity index is 207. The minimum absolute atomic E-state index is 0.0642. The first-order valence-electron chi connectivity index (χ1n) is 2.85. The van der Waals surface area contributed by atoms with Gasteiger partial charge in [-0.15, -0.1) is 0 Å². The summed E-state index contributed by atoms with van der Waals surface area (Å²) in [6.45, 7) is 0.336. The van der Waals surface area contributed by atoms with Crippen LogP contribution in [0, 0.1) is 0 Å². The number of hydrogen-bond donors (Lipinski definition) is 1. The summed E-state index contributed by atoms with van der Waals surface area (Å²) in [4.78, 5) is 11.4. The van der Waals surface area contributed by atoms with Crippen molar-refractivity contribution in [3.8, 4) is 0 Å². The molecule has 0 amide bonds. The molecular weight excluding hydrogens is 134 g/mol. The van der Waals surface area contributed by atoms with Gasteiger partial charge >= 0.3 is 5.97 Å². The van der Waals surface area contributed by atoms with Crippen LogP contribution in [0.1, 0.15) is 6.42 Å². The monoisotopic (exact) mass is 141 g/mol. The van der Waals surface area contributed by atoms with Crippen molar-refractivity contribution in [2.75, 3.05) is 0 Å². The molecule has 1 heterocycles. The second-order valence-corrected chi connectivity index (χ2v) is 1.77. The van der Waals surface area contributed by atoms with Crippen molar-refractivity contribution in [3.05, 3.63) is 12.4 Å². The van der Waals surface area contributed by atoms with E-state index >= 15 is 0 Å². The van der Waals surface area contributed by atoms with Crippen LogP contribution < -0.4 is 0 Å². The molecule has 10 heavy (non-hydrogen) atoms. The standard InChI is InChI=1S/C5H7N3O2/c9-5(10)1-4-8-6-2-3-7-8/h2-3H,1,4H2,(H,9,10). The fourth-order valence-corrected chi connectivity index (χ4v) is 0.554. The third-order valence-corrected chi connectivity index (χ3v) is 0.992. The lowest BCUT2D eigenvalue weighted by Gasteiger charge is -1.92. The van der Waals surface area contributed by atoms with Crippen molar-refractivity contribution in [1.29, 1.82) is 0 Å². The van der Waals surface area contributed by atoms with E-state index < -0.39 is 5.97 Å². The summed E-state index contributed by atoms with van der Waals surface area (Å²) >= 11 is 0. The Labute approximate surface area is 57.3 Å². The van der Waals surface area contributed by atoms with Crippen LogP contribution in [0.4, 0.5) is 0 Å². The van der Waals surface area contributed by atoms with Crippen molar-refractivity contribution >= 4 is 5.97 Å². The van der Waals surface area contributed by atoms with Crippen LogP contribution in [0.3, 0.4) is 0 Å². The van der Waals surface area contributed by atoms with Crippen molar-refractivity contribution in [2.24, 2.45) is 0 Å². The Morgan fingerprint density at radius 1 is 1.50 bits per heavy atom. The van der Waals surface area contributed by atoms with Crippen LogP contribution in [0.2, 0.25) is 0 Å². The van der Waals surface area contributed by atoms with Crippen molar-refractivity contribution in [1.82, 2.24) is 15.0 Å². The molecule has 0 fully saturated rings. The van der Waals surface area contributed by atoms with E-state index in [4.69, 9.17) is 5.11 Å². The third-order valence-electron chi connectivity index (χ3n) is 0.992. The van der Waals surface area contributed by atoms with E-state index in [0.29, 0.717) is 6.54 Å². The van der Waals surface area contributed by atoms with Gasteiger partial charge < -0.3 is 5.11 Å². The zero-order chi connectivity index (χ0) is 7.40. The maximum atomic E-state index is 10.0. The third kappa shape index (κ3) is 1.85. The summed E-state index contributed by atoms with van der Waals surface area (Å²) < 4.78 is 0. The Morgan fingerprint density at radius 2 is 2.10 bits per heavy atom. The molecular formula is C5H7N3O2. The number of hydrogen-bond acceptors (Lipinski definition) is 3. The fraction of sp³-hybridized carbons (Fsp3) is 0.400. The minimum Gasteiger partial charge on any atom is -0.481 e. The molecule has 5 nitrogen and oxygen atoms in total. The predicted molar refractivity (Wildman–Crippen MR) is 32.3 cm³/mol. The lowest BCUT2D eigenvalue weighted by atomic mass is 10.4. The largest absolute Gasteiger partial charge is 0.481 e. The number of carboxylic acids is 1. The van der Waals surface area contributed by atoms with Crippen molar-refractivity contribution < 1.29 is 9.90 Å². The van der Waals surface area contributed by atoms with Gasteiger partial charge in [0.25, 0.3) is 0 Å². The van der Waals surface area contributed by atoms with Crippen LogP contribution in [-0.2, 0) is 11.3 Å². The van der Waals surface area contributed by atoms with E-state index in [2.05, 4.69) is 10.2 Å². The molecule has 1 aromatic heterocycles. The molecule has 1 N–H and O–H groups in total. The molecule has 0 saturated heterocycles. The van der Waals surface area contributed by atoms with Crippen molar-refractivity contribution in [3.63, 3.8) is 0 Å². The van der Waals surface area contributed by atoms with Crippen LogP contribution in [-0.4, -0.2) is 26.1 Å². The van der Waals surface area contributed by atoms with Gasteiger partial charge in [-0.3, -0.25) is 4.79 Å². The first kappa shape index (κ1) is 6.73. The molecule has 0 radical (unpaired) electrons. The van der Waals surface area contributed by atoms with Crippen LogP contribution in [0.25, 0.3) is 0 Å². The van der Waals surface area contributed by atoms with Gasteiger partial charge in [0.2, 0.25) is 0 Å². The van der Waals surface area contributed by atoms with Gasteiger partial charge in [-0.2, -0.15) is 15.0 Å². The number of rotatable bonds is 3. The summed E-state index contributed by atoms with van der Waals surface area (Å²) in [7, 11) is 0. The maximum absolute atomic E-state index is 10.0. The van der Waals surface area contributed by atoms with Gasteiger partial charge in [-0.1, -0.05) is 0 Å². The highest BCUT2D eigenvalue weighted by Crippen LogP contribution is 1.84. The number of carbonyl (C=O) groups is 1. The number of nitrogens with zero attached hydrogens (tertiary/aromatic N) is 3. The van der Waals surface area contributed by atoms with Gasteiger partial charge in [0.05, 0.1) is 25.4 Å². The summed E-state index contributed by atoms with van der Waals surface area (Å²) in [5, 5.41) is 15.7. The van der Waals surface area contributed by atoms with Gasteiger partial charge in [-0.25, -0.2) is 0 Å². The Hall–Kier alpha value is -1.39. The molecule has 54 valence electrons. The second-order valence-electron chi connectivity index (χ2n) is 1.77. The molecule has 0 spiro atoms. The molecule has 0 aliphatic heterocycles. The molecule has 1 rings (SSSR count). The lowest BCUT2D eigenvalue weighted by molar-refractivity contribution is -0.137. The van der Waals surface area contributed by atoms with E-state index in [0.717, 1.165) is 0 Å². The van der Waals surface area contributed by atoms with E-state index in [1.807, 2.05) is 0 Å². The number of aryl methyl sites for hydroxylation is 1. The molecule has 5 heteroatoms. The number of carboxylic acid groups (broad SMARTS) is 1. The zero-order valence-electron chi connectivity index (χ0n) is 5.27. The Morgan fingerprint density at radius 3 is 2.60 bits per heavy atom. The normalized spacial score (nSPS) is 9.60. The summed E-state index contributed by atoms with van der Waals surface area (Å²) in [5.74, 6) is -0.836. The molecule has 0 aliphatic carbocycles. The summed E-state index contributed by atoms with van der Waals surface area (Å²) in [6, 6.07) is 0. The molecule has 0 aromatic carbocycles. The van der Waals surface area contributed by atoms with Crippen LogP contribution >= 0.6 is 0 Å². The highest BCUT2D eigenvalue weighted by atomic mass is 16.4. The smallest absolute Gasteiger partial charge is 0.305 e. The van der Waals surface area contributed by atoms with Crippen LogP contribution in [0.5, 0.6) is 0 Å². The van der Waals surface area contributed by atoms with Gasteiger partial charge in [-0.05, 0) is 0 Å². The highest BCUT2D eigenvalue weighted by Gasteiger charge is 1.97. The van der Waals surface area contributed by atoms with Crippen molar-refractivity contribution in [2.45, 2.75) is 13.0 Å². The SMILES string of the molecule is O=C(O)CCn1nccn1. The number of aromatic nitrogens is 3.